The van der Waals surface area contributed by atoms with Crippen LogP contribution in [0.5, 0.6) is 5.75 Å². The summed E-state index contributed by atoms with van der Waals surface area (Å²) < 4.78 is 0. The zero-order valence-corrected chi connectivity index (χ0v) is 20.7. The third-order valence-corrected chi connectivity index (χ3v) is 5.01. The van der Waals surface area contributed by atoms with E-state index in [-0.39, 0.29) is 16.5 Å². The second-order valence-corrected chi connectivity index (χ2v) is 7.95. The lowest BCUT2D eigenvalue weighted by Gasteiger charge is -2.06. The number of aromatic hydroxyl groups is 1. The van der Waals surface area contributed by atoms with Crippen molar-refractivity contribution in [2.24, 2.45) is 0 Å². The molecule has 5 nitrogen and oxygen atoms in total. The summed E-state index contributed by atoms with van der Waals surface area (Å²) in [7, 11) is 0. The smallest absolute Gasteiger partial charge is 0.232 e. The van der Waals surface area contributed by atoms with Gasteiger partial charge in [0, 0.05) is 0 Å². The van der Waals surface area contributed by atoms with Gasteiger partial charge in [0.05, 0.1) is 10.7 Å². The van der Waals surface area contributed by atoms with E-state index in [0.717, 1.165) is 0 Å². The van der Waals surface area contributed by atoms with E-state index in [4.69, 9.17) is 39.9 Å². The lowest BCUT2D eigenvalue weighted by Crippen LogP contribution is -1.99. The van der Waals surface area contributed by atoms with E-state index in [0.29, 0.717) is 16.5 Å². The predicted octanol–water partition coefficient (Wildman–Crippen LogP) is 8.32. The first kappa shape index (κ1) is 26.0. The molecule has 0 saturated heterocycles. The maximum absolute atomic E-state index is 8.63. The molecule has 0 saturated carbocycles. The van der Waals surface area contributed by atoms with Crippen molar-refractivity contribution in [3.05, 3.63) is 131 Å². The van der Waals surface area contributed by atoms with E-state index in [1.165, 1.54) is 11.1 Å². The zero-order valence-electron chi connectivity index (χ0n) is 18.4. The molecule has 5 aromatic rings. The van der Waals surface area contributed by atoms with E-state index < -0.39 is 0 Å². The first-order valence-corrected chi connectivity index (χ1v) is 11.6. The molecule has 0 atom stereocenters. The van der Waals surface area contributed by atoms with Gasteiger partial charge in [-0.2, -0.15) is 15.0 Å². The standard InChI is InChI=1S/C12H10.C9H5Cl3N4.C6H6O/c1-3-7-11(8-4-1)12-9-5-2-6-10-12;10-5-3-1-2-4-6(5)13-9-15-7(11)14-8(12)16-9;7-6-4-2-1-3-5-6/h1-10H;1-4H,(H,13,14,15,16);1-5,7H. The maximum Gasteiger partial charge on any atom is 0.232 e. The monoisotopic (exact) mass is 522 g/mol. The second kappa shape index (κ2) is 13.9. The highest BCUT2D eigenvalue weighted by Crippen LogP contribution is 2.24. The molecule has 8 heteroatoms. The largest absolute Gasteiger partial charge is 0.508 e. The summed E-state index contributed by atoms with van der Waals surface area (Å²) in [5, 5.41) is 12.1. The van der Waals surface area contributed by atoms with Crippen LogP contribution in [0, 0.1) is 0 Å². The quantitative estimate of drug-likeness (QED) is 0.249. The first-order chi connectivity index (χ1) is 17.0. The molecule has 0 amide bonds. The second-order valence-electron chi connectivity index (χ2n) is 6.87. The lowest BCUT2D eigenvalue weighted by molar-refractivity contribution is 0.475. The summed E-state index contributed by atoms with van der Waals surface area (Å²) in [6, 6.07) is 36.7. The number of halogens is 3. The Morgan fingerprint density at radius 2 is 0.943 bits per heavy atom. The molecule has 2 N–H and O–H groups in total. The SMILES string of the molecule is Clc1nc(Cl)nc(Nc2ccccc2Cl)n1.Oc1ccccc1.c1ccc(-c2ccccc2)cc1. The van der Waals surface area contributed by atoms with Gasteiger partial charge < -0.3 is 10.4 Å². The Balaban J connectivity index is 0.000000158. The minimum Gasteiger partial charge on any atom is -0.508 e. The van der Waals surface area contributed by atoms with E-state index >= 15 is 0 Å². The van der Waals surface area contributed by atoms with Crippen LogP contribution in [0.2, 0.25) is 15.6 Å². The van der Waals surface area contributed by atoms with Crippen LogP contribution in [-0.4, -0.2) is 20.1 Å². The van der Waals surface area contributed by atoms with Crippen LogP contribution in [0.3, 0.4) is 0 Å². The van der Waals surface area contributed by atoms with Gasteiger partial charge in [0.25, 0.3) is 0 Å². The van der Waals surface area contributed by atoms with Crippen LogP contribution >= 0.6 is 34.8 Å². The number of hydrogen-bond donors (Lipinski definition) is 2. The summed E-state index contributed by atoms with van der Waals surface area (Å²) in [5.74, 6) is 0.570. The third kappa shape index (κ3) is 9.26. The number of nitrogens with zero attached hydrogens (tertiary/aromatic N) is 3. The summed E-state index contributed by atoms with van der Waals surface area (Å²) in [5.41, 5.74) is 3.22. The average Bonchev–Trinajstić information content (AvgIpc) is 2.87. The fourth-order valence-electron chi connectivity index (χ4n) is 2.75. The molecule has 0 aliphatic heterocycles. The fourth-order valence-corrected chi connectivity index (χ4v) is 3.30. The van der Waals surface area contributed by atoms with Crippen LogP contribution in [0.15, 0.2) is 115 Å². The molecule has 0 unspecified atom stereocenters. The van der Waals surface area contributed by atoms with Gasteiger partial charge >= 0.3 is 0 Å². The van der Waals surface area contributed by atoms with Crippen molar-refractivity contribution in [1.29, 1.82) is 0 Å². The van der Waals surface area contributed by atoms with Crippen LogP contribution in [0.25, 0.3) is 11.1 Å². The molecule has 0 aliphatic rings. The van der Waals surface area contributed by atoms with E-state index in [9.17, 15) is 0 Å². The topological polar surface area (TPSA) is 70.9 Å². The average molecular weight is 524 g/mol. The minimum atomic E-state index is 0.0227. The Morgan fingerprint density at radius 3 is 1.37 bits per heavy atom. The number of phenols is 1. The Morgan fingerprint density at radius 1 is 0.514 bits per heavy atom. The van der Waals surface area contributed by atoms with Gasteiger partial charge in [-0.1, -0.05) is 103 Å². The number of rotatable bonds is 3. The number of anilines is 2. The Labute approximate surface area is 219 Å². The number of phenolic OH excluding ortho intramolecular Hbond substituents is 1. The molecule has 35 heavy (non-hydrogen) atoms. The maximum atomic E-state index is 8.63. The van der Waals surface area contributed by atoms with Gasteiger partial charge in [-0.25, -0.2) is 0 Å². The van der Waals surface area contributed by atoms with Crippen LogP contribution in [-0.2, 0) is 0 Å². The van der Waals surface area contributed by atoms with Crippen molar-refractivity contribution in [3.63, 3.8) is 0 Å². The highest BCUT2D eigenvalue weighted by molar-refractivity contribution is 6.33. The molecule has 0 aliphatic carbocycles. The highest BCUT2D eigenvalue weighted by atomic mass is 35.5. The summed E-state index contributed by atoms with van der Waals surface area (Å²) in [6.07, 6.45) is 0. The summed E-state index contributed by atoms with van der Waals surface area (Å²) in [4.78, 5) is 11.4. The van der Waals surface area contributed by atoms with Gasteiger partial charge in [-0.15, -0.1) is 0 Å². The molecular formula is C27H21Cl3N4O. The van der Waals surface area contributed by atoms with Crippen molar-refractivity contribution < 1.29 is 5.11 Å². The van der Waals surface area contributed by atoms with Crippen molar-refractivity contribution >= 4 is 46.4 Å². The first-order valence-electron chi connectivity index (χ1n) is 10.4. The van der Waals surface area contributed by atoms with Gasteiger partial charge in [0.1, 0.15) is 5.75 Å². The van der Waals surface area contributed by atoms with Crippen molar-refractivity contribution in [2.75, 3.05) is 5.32 Å². The van der Waals surface area contributed by atoms with Gasteiger partial charge in [-0.05, 0) is 58.6 Å². The normalized spacial score (nSPS) is 9.69. The number of benzene rings is 4. The van der Waals surface area contributed by atoms with Gasteiger partial charge in [-0.3, -0.25) is 0 Å². The molecule has 0 bridgehead atoms. The van der Waals surface area contributed by atoms with E-state index in [1.54, 1.807) is 36.4 Å². The Bertz CT molecular complexity index is 1250. The van der Waals surface area contributed by atoms with Crippen molar-refractivity contribution in [3.8, 4) is 16.9 Å². The van der Waals surface area contributed by atoms with Crippen LogP contribution < -0.4 is 5.32 Å². The van der Waals surface area contributed by atoms with E-state index in [2.05, 4.69) is 68.8 Å². The molecule has 1 heterocycles. The molecule has 5 rings (SSSR count). The molecule has 0 spiro atoms. The number of para-hydroxylation sites is 2. The highest BCUT2D eigenvalue weighted by Gasteiger charge is 2.05. The van der Waals surface area contributed by atoms with Crippen LogP contribution in [0.4, 0.5) is 11.6 Å². The van der Waals surface area contributed by atoms with E-state index in [1.807, 2.05) is 30.3 Å². The molecule has 1 aromatic heterocycles. The van der Waals surface area contributed by atoms with Crippen molar-refractivity contribution in [1.82, 2.24) is 15.0 Å². The minimum absolute atomic E-state index is 0.0227. The molecule has 0 fully saturated rings. The number of nitrogens with one attached hydrogen (secondary N) is 1. The molecule has 0 radical (unpaired) electrons. The zero-order chi connectivity index (χ0) is 24.9. The fraction of sp³-hybridized carbons (Fsp3) is 0. The third-order valence-electron chi connectivity index (χ3n) is 4.34. The molecular weight excluding hydrogens is 503 g/mol. The van der Waals surface area contributed by atoms with Crippen LogP contribution in [0.1, 0.15) is 0 Å². The predicted molar refractivity (Wildman–Crippen MR) is 145 cm³/mol. The molecule has 176 valence electrons. The Kier molecular flexibility index (Phi) is 10.3. The lowest BCUT2D eigenvalue weighted by atomic mass is 10.1. The number of hydrogen-bond acceptors (Lipinski definition) is 5. The summed E-state index contributed by atoms with van der Waals surface area (Å²) in [6.45, 7) is 0. The van der Waals surface area contributed by atoms with Gasteiger partial charge in [0.15, 0.2) is 0 Å². The summed E-state index contributed by atoms with van der Waals surface area (Å²) >= 11 is 17.2. The van der Waals surface area contributed by atoms with Crippen molar-refractivity contribution in [2.45, 2.75) is 0 Å². The molecule has 4 aromatic carbocycles. The Hall–Kier alpha value is -3.64. The van der Waals surface area contributed by atoms with Gasteiger partial charge in [0.2, 0.25) is 16.5 Å². The number of aromatic nitrogens is 3.